The lowest BCUT2D eigenvalue weighted by atomic mass is 9.92. The predicted octanol–water partition coefficient (Wildman–Crippen LogP) is 2.54. The average Bonchev–Trinajstić information content (AvgIpc) is 2.70. The van der Waals surface area contributed by atoms with E-state index in [1.54, 1.807) is 12.1 Å². The number of hydrogen-bond acceptors (Lipinski definition) is 3. The molecule has 0 bridgehead atoms. The molecule has 7 heteroatoms. The predicted molar refractivity (Wildman–Crippen MR) is 85.2 cm³/mol. The highest BCUT2D eigenvalue weighted by Crippen LogP contribution is 2.23. The zero-order valence-corrected chi connectivity index (χ0v) is 13.9. The van der Waals surface area contributed by atoms with Crippen LogP contribution in [-0.4, -0.2) is 18.0 Å². The van der Waals surface area contributed by atoms with Crippen LogP contribution in [0.15, 0.2) is 35.4 Å². The summed E-state index contributed by atoms with van der Waals surface area (Å²) >= 11 is 5.32. The molecular weight excluding hydrogens is 306 g/mol. The topological polar surface area (TPSA) is 80.9 Å². The minimum Gasteiger partial charge on any atom is -0.337 e. The van der Waals surface area contributed by atoms with Gasteiger partial charge in [0.05, 0.1) is 11.4 Å². The molecule has 0 fully saturated rings. The molecule has 0 spiro atoms. The Morgan fingerprint density at radius 3 is 2.29 bits per heavy atom. The van der Waals surface area contributed by atoms with Crippen LogP contribution in [0.25, 0.3) is 0 Å². The lowest BCUT2D eigenvalue weighted by molar-refractivity contribution is 0.529. The van der Waals surface area contributed by atoms with E-state index in [-0.39, 0.29) is 10.3 Å². The Kier molecular flexibility index (Phi) is 4.10. The van der Waals surface area contributed by atoms with E-state index in [0.29, 0.717) is 11.3 Å². The molecule has 114 valence electrons. The molecule has 5 nitrogen and oxygen atoms in total. The van der Waals surface area contributed by atoms with Crippen LogP contribution in [0.3, 0.4) is 0 Å². The van der Waals surface area contributed by atoms with Crippen molar-refractivity contribution >= 4 is 22.2 Å². The third kappa shape index (κ3) is 3.61. The first-order valence-corrected chi connectivity index (χ1v) is 8.45. The number of H-pyrrole nitrogens is 1. The average molecular weight is 325 g/mol. The first-order valence-electron chi connectivity index (χ1n) is 6.49. The Labute approximate surface area is 129 Å². The Morgan fingerprint density at radius 1 is 1.24 bits per heavy atom. The summed E-state index contributed by atoms with van der Waals surface area (Å²) in [6, 6.07) is 6.53. The van der Waals surface area contributed by atoms with Crippen molar-refractivity contribution in [3.05, 3.63) is 46.5 Å². The molecule has 2 rings (SSSR count). The first kappa shape index (κ1) is 15.9. The van der Waals surface area contributed by atoms with Gasteiger partial charge < -0.3 is 9.55 Å². The van der Waals surface area contributed by atoms with Gasteiger partial charge in [0.15, 0.2) is 4.77 Å². The van der Waals surface area contributed by atoms with E-state index in [0.717, 1.165) is 11.3 Å². The number of nitrogens with one attached hydrogen (secondary N) is 1. The second-order valence-electron chi connectivity index (χ2n) is 6.00. The molecule has 1 heterocycles. The van der Waals surface area contributed by atoms with E-state index in [9.17, 15) is 8.42 Å². The van der Waals surface area contributed by atoms with Crippen molar-refractivity contribution in [3.63, 3.8) is 0 Å². The molecule has 1 aromatic heterocycles. The summed E-state index contributed by atoms with van der Waals surface area (Å²) in [5, 5.41) is 5.09. The molecule has 2 aromatic rings. The molecule has 0 radical (unpaired) electrons. The maximum absolute atomic E-state index is 11.3. The standard InChI is InChI=1S/C14H19N3O2S2/c1-14(2,3)12-8-16-13(20)17(12)9-10-4-6-11(7-5-10)21(15,18)19/h4-8H,9H2,1-3H3,(H,16,20)(H2,15,18,19). The minimum atomic E-state index is -3.65. The van der Waals surface area contributed by atoms with Gasteiger partial charge in [0.1, 0.15) is 0 Å². The maximum Gasteiger partial charge on any atom is 0.238 e. The van der Waals surface area contributed by atoms with Gasteiger partial charge in [0.2, 0.25) is 10.0 Å². The van der Waals surface area contributed by atoms with Crippen molar-refractivity contribution in [2.24, 2.45) is 5.14 Å². The Balaban J connectivity index is 2.36. The number of hydrogen-bond donors (Lipinski definition) is 2. The maximum atomic E-state index is 11.3. The lowest BCUT2D eigenvalue weighted by Gasteiger charge is -2.20. The summed E-state index contributed by atoms with van der Waals surface area (Å²) < 4.78 is 25.2. The monoisotopic (exact) mass is 325 g/mol. The number of nitrogens with zero attached hydrogens (tertiary/aromatic N) is 1. The smallest absolute Gasteiger partial charge is 0.238 e. The molecule has 1 aromatic carbocycles. The van der Waals surface area contributed by atoms with E-state index in [1.165, 1.54) is 12.1 Å². The van der Waals surface area contributed by atoms with Crippen molar-refractivity contribution in [3.8, 4) is 0 Å². The first-order chi connectivity index (χ1) is 9.59. The number of imidazole rings is 1. The van der Waals surface area contributed by atoms with Crippen molar-refractivity contribution < 1.29 is 8.42 Å². The molecule has 3 N–H and O–H groups in total. The zero-order chi connectivity index (χ0) is 15.8. The minimum absolute atomic E-state index is 0.0336. The van der Waals surface area contributed by atoms with Gasteiger partial charge in [-0.1, -0.05) is 32.9 Å². The van der Waals surface area contributed by atoms with Gasteiger partial charge in [-0.2, -0.15) is 0 Å². The molecule has 0 amide bonds. The van der Waals surface area contributed by atoms with Crippen LogP contribution in [0.5, 0.6) is 0 Å². The number of nitrogens with two attached hydrogens (primary N) is 1. The van der Waals surface area contributed by atoms with Crippen molar-refractivity contribution in [2.75, 3.05) is 0 Å². The molecular formula is C14H19N3O2S2. The summed E-state index contributed by atoms with van der Waals surface area (Å²) in [6.07, 6.45) is 1.92. The van der Waals surface area contributed by atoms with Gasteiger partial charge in [-0.05, 0) is 29.9 Å². The number of aromatic amines is 1. The second kappa shape index (κ2) is 5.40. The van der Waals surface area contributed by atoms with Gasteiger partial charge in [-0.3, -0.25) is 0 Å². The van der Waals surface area contributed by atoms with Crippen LogP contribution in [0.2, 0.25) is 0 Å². The van der Waals surface area contributed by atoms with Crippen LogP contribution in [0.4, 0.5) is 0 Å². The fourth-order valence-corrected chi connectivity index (χ4v) is 2.88. The molecule has 0 saturated carbocycles. The second-order valence-corrected chi connectivity index (χ2v) is 7.95. The SMILES string of the molecule is CC(C)(C)c1c[nH]c(=S)n1Cc1ccc(S(N)(=O)=O)cc1. The van der Waals surface area contributed by atoms with E-state index in [4.69, 9.17) is 17.4 Å². The van der Waals surface area contributed by atoms with Gasteiger partial charge >= 0.3 is 0 Å². The highest BCUT2D eigenvalue weighted by atomic mass is 32.2. The fraction of sp³-hybridized carbons (Fsp3) is 0.357. The summed E-state index contributed by atoms with van der Waals surface area (Å²) in [5.41, 5.74) is 2.03. The largest absolute Gasteiger partial charge is 0.337 e. The van der Waals surface area contributed by atoms with E-state index in [2.05, 4.69) is 25.8 Å². The van der Waals surface area contributed by atoms with Crippen LogP contribution in [0.1, 0.15) is 32.0 Å². The highest BCUT2D eigenvalue weighted by molar-refractivity contribution is 7.89. The van der Waals surface area contributed by atoms with Gasteiger partial charge in [0, 0.05) is 17.3 Å². The third-order valence-corrected chi connectivity index (χ3v) is 4.50. The van der Waals surface area contributed by atoms with Crippen molar-refractivity contribution in [1.29, 1.82) is 0 Å². The van der Waals surface area contributed by atoms with Crippen LogP contribution < -0.4 is 5.14 Å². The quantitative estimate of drug-likeness (QED) is 0.851. The van der Waals surface area contributed by atoms with Gasteiger partial charge in [-0.15, -0.1) is 0 Å². The van der Waals surface area contributed by atoms with Crippen molar-refractivity contribution in [2.45, 2.75) is 37.6 Å². The number of benzene rings is 1. The molecule has 0 aliphatic carbocycles. The fourth-order valence-electron chi connectivity index (χ4n) is 2.14. The van der Waals surface area contributed by atoms with Crippen LogP contribution in [0, 0.1) is 4.77 Å². The Bertz CT molecular complexity index is 794. The molecule has 0 atom stereocenters. The van der Waals surface area contributed by atoms with Gasteiger partial charge in [-0.25, -0.2) is 13.6 Å². The zero-order valence-electron chi connectivity index (χ0n) is 12.3. The molecule has 0 unspecified atom stereocenters. The van der Waals surface area contributed by atoms with Crippen LogP contribution in [-0.2, 0) is 22.0 Å². The molecule has 0 aliphatic heterocycles. The number of primary sulfonamides is 1. The molecule has 0 aliphatic rings. The van der Waals surface area contributed by atoms with E-state index < -0.39 is 10.0 Å². The Hall–Kier alpha value is -1.44. The summed E-state index contributed by atoms with van der Waals surface area (Å²) in [5.74, 6) is 0. The number of aromatic nitrogens is 2. The number of rotatable bonds is 3. The van der Waals surface area contributed by atoms with Crippen LogP contribution >= 0.6 is 12.2 Å². The molecule has 0 saturated heterocycles. The highest BCUT2D eigenvalue weighted by Gasteiger charge is 2.19. The third-order valence-electron chi connectivity index (χ3n) is 3.23. The van der Waals surface area contributed by atoms with E-state index in [1.807, 2.05) is 10.8 Å². The lowest BCUT2D eigenvalue weighted by Crippen LogP contribution is -2.18. The summed E-state index contributed by atoms with van der Waals surface area (Å²) in [4.78, 5) is 3.17. The van der Waals surface area contributed by atoms with Crippen molar-refractivity contribution in [1.82, 2.24) is 9.55 Å². The molecule has 21 heavy (non-hydrogen) atoms. The van der Waals surface area contributed by atoms with E-state index >= 15 is 0 Å². The Morgan fingerprint density at radius 2 is 1.81 bits per heavy atom. The normalized spacial score (nSPS) is 12.6. The summed E-state index contributed by atoms with van der Waals surface area (Å²) in [7, 11) is -3.65. The number of sulfonamides is 1. The summed E-state index contributed by atoms with van der Waals surface area (Å²) in [6.45, 7) is 6.93. The van der Waals surface area contributed by atoms with Gasteiger partial charge in [0.25, 0.3) is 0 Å².